The van der Waals surface area contributed by atoms with Gasteiger partial charge in [-0.25, -0.2) is 4.79 Å². The molecule has 0 aliphatic rings. The van der Waals surface area contributed by atoms with Crippen LogP contribution in [0.4, 0.5) is 5.69 Å². The second-order valence-corrected chi connectivity index (χ2v) is 6.50. The van der Waals surface area contributed by atoms with E-state index in [1.54, 1.807) is 25.1 Å². The number of amides is 1. The molecule has 0 aromatic heterocycles. The summed E-state index contributed by atoms with van der Waals surface area (Å²) in [6.07, 6.45) is 0. The Kier molecular flexibility index (Phi) is 6.39. The van der Waals surface area contributed by atoms with Crippen LogP contribution in [0.15, 0.2) is 36.4 Å². The van der Waals surface area contributed by atoms with Gasteiger partial charge in [0.1, 0.15) is 5.75 Å². The van der Waals surface area contributed by atoms with E-state index >= 15 is 0 Å². The molecule has 1 N–H and O–H groups in total. The highest BCUT2D eigenvalue weighted by Gasteiger charge is 2.14. The molecular weight excluding hydrogens is 330 g/mol. The summed E-state index contributed by atoms with van der Waals surface area (Å²) >= 11 is 0. The van der Waals surface area contributed by atoms with Gasteiger partial charge in [-0.3, -0.25) is 4.79 Å². The van der Waals surface area contributed by atoms with Crippen LogP contribution in [0.25, 0.3) is 0 Å². The first kappa shape index (κ1) is 19.5. The lowest BCUT2D eigenvalue weighted by molar-refractivity contribution is -0.118. The maximum absolute atomic E-state index is 12.3. The van der Waals surface area contributed by atoms with Crippen LogP contribution in [0.5, 0.6) is 5.75 Å². The lowest BCUT2D eigenvalue weighted by Crippen LogP contribution is -2.21. The molecule has 5 nitrogen and oxygen atoms in total. The highest BCUT2D eigenvalue weighted by atomic mass is 16.5. The first-order valence-corrected chi connectivity index (χ1v) is 8.54. The molecule has 0 aliphatic carbocycles. The van der Waals surface area contributed by atoms with Gasteiger partial charge in [0, 0.05) is 5.69 Å². The Bertz CT molecular complexity index is 812. The minimum absolute atomic E-state index is 0.106. The summed E-state index contributed by atoms with van der Waals surface area (Å²) in [5.41, 5.74) is 3.78. The van der Waals surface area contributed by atoms with Crippen molar-refractivity contribution < 1.29 is 19.1 Å². The third kappa shape index (κ3) is 4.63. The SMILES string of the molecule is COC(=O)c1cccc(NC(=O)COc2cc(C)ccc2C(C)C)c1C. The van der Waals surface area contributed by atoms with Gasteiger partial charge in [-0.05, 0) is 54.7 Å². The zero-order valence-corrected chi connectivity index (χ0v) is 15.9. The van der Waals surface area contributed by atoms with Gasteiger partial charge in [-0.1, -0.05) is 32.0 Å². The van der Waals surface area contributed by atoms with Gasteiger partial charge in [0.15, 0.2) is 6.61 Å². The molecule has 0 aliphatic heterocycles. The quantitative estimate of drug-likeness (QED) is 0.788. The fraction of sp³-hybridized carbons (Fsp3) is 0.333. The minimum atomic E-state index is -0.434. The van der Waals surface area contributed by atoms with Crippen molar-refractivity contribution in [2.24, 2.45) is 0 Å². The molecule has 0 unspecified atom stereocenters. The number of carbonyl (C=O) groups excluding carboxylic acids is 2. The molecule has 0 radical (unpaired) electrons. The third-order valence-electron chi connectivity index (χ3n) is 4.16. The molecule has 0 bridgehead atoms. The van der Waals surface area contributed by atoms with Crippen LogP contribution in [0.1, 0.15) is 46.8 Å². The van der Waals surface area contributed by atoms with Crippen LogP contribution < -0.4 is 10.1 Å². The fourth-order valence-electron chi connectivity index (χ4n) is 2.68. The number of rotatable bonds is 6. The summed E-state index contributed by atoms with van der Waals surface area (Å²) in [5, 5.41) is 2.79. The van der Waals surface area contributed by atoms with E-state index < -0.39 is 5.97 Å². The Morgan fingerprint density at radius 3 is 2.50 bits per heavy atom. The number of aryl methyl sites for hydroxylation is 1. The van der Waals surface area contributed by atoms with E-state index in [-0.39, 0.29) is 12.5 Å². The van der Waals surface area contributed by atoms with E-state index in [4.69, 9.17) is 9.47 Å². The molecule has 138 valence electrons. The zero-order valence-electron chi connectivity index (χ0n) is 15.9. The molecule has 0 atom stereocenters. The van der Waals surface area contributed by atoms with E-state index in [0.29, 0.717) is 22.7 Å². The fourth-order valence-corrected chi connectivity index (χ4v) is 2.68. The van der Waals surface area contributed by atoms with Crippen molar-refractivity contribution in [1.29, 1.82) is 0 Å². The molecule has 26 heavy (non-hydrogen) atoms. The van der Waals surface area contributed by atoms with E-state index in [9.17, 15) is 9.59 Å². The monoisotopic (exact) mass is 355 g/mol. The van der Waals surface area contributed by atoms with Crippen LogP contribution in [-0.4, -0.2) is 25.6 Å². The number of esters is 1. The standard InChI is InChI=1S/C21H25NO4/c1-13(2)16-10-9-14(3)11-19(16)26-12-20(23)22-18-8-6-7-17(15(18)4)21(24)25-5/h6-11,13H,12H2,1-5H3,(H,22,23). The summed E-state index contributed by atoms with van der Waals surface area (Å²) in [5.74, 6) is 0.297. The maximum Gasteiger partial charge on any atom is 0.338 e. The topological polar surface area (TPSA) is 64.6 Å². The minimum Gasteiger partial charge on any atom is -0.483 e. The third-order valence-corrected chi connectivity index (χ3v) is 4.16. The average molecular weight is 355 g/mol. The van der Waals surface area contributed by atoms with Crippen molar-refractivity contribution in [1.82, 2.24) is 0 Å². The predicted octanol–water partition coefficient (Wildman–Crippen LogP) is 4.23. The van der Waals surface area contributed by atoms with Gasteiger partial charge in [0.2, 0.25) is 0 Å². The predicted molar refractivity (Wildman–Crippen MR) is 102 cm³/mol. The Balaban J connectivity index is 2.09. The van der Waals surface area contributed by atoms with E-state index in [0.717, 1.165) is 16.9 Å². The highest BCUT2D eigenvalue weighted by Crippen LogP contribution is 2.27. The Morgan fingerprint density at radius 2 is 1.85 bits per heavy atom. The number of nitrogens with one attached hydrogen (secondary N) is 1. The molecule has 0 fully saturated rings. The number of carbonyl (C=O) groups is 2. The summed E-state index contributed by atoms with van der Waals surface area (Å²) in [4.78, 5) is 24.1. The van der Waals surface area contributed by atoms with Crippen LogP contribution in [0.3, 0.4) is 0 Å². The number of methoxy groups -OCH3 is 1. The second-order valence-electron chi connectivity index (χ2n) is 6.50. The second kappa shape index (κ2) is 8.52. The number of anilines is 1. The molecule has 0 saturated heterocycles. The number of hydrogen-bond acceptors (Lipinski definition) is 4. The molecule has 0 spiro atoms. The highest BCUT2D eigenvalue weighted by molar-refractivity contribution is 5.97. The number of benzene rings is 2. The van der Waals surface area contributed by atoms with Crippen LogP contribution in [0.2, 0.25) is 0 Å². The molecule has 2 aromatic carbocycles. The Morgan fingerprint density at radius 1 is 1.12 bits per heavy atom. The van der Waals surface area contributed by atoms with Gasteiger partial charge in [-0.2, -0.15) is 0 Å². The molecular formula is C21H25NO4. The number of ether oxygens (including phenoxy) is 2. The normalized spacial score (nSPS) is 10.5. The van der Waals surface area contributed by atoms with Crippen molar-refractivity contribution in [3.05, 3.63) is 58.7 Å². The van der Waals surface area contributed by atoms with E-state index in [1.165, 1.54) is 7.11 Å². The van der Waals surface area contributed by atoms with Crippen LogP contribution >= 0.6 is 0 Å². The zero-order chi connectivity index (χ0) is 19.3. The van der Waals surface area contributed by atoms with Crippen molar-refractivity contribution in [2.45, 2.75) is 33.6 Å². The van der Waals surface area contributed by atoms with Crippen LogP contribution in [0, 0.1) is 13.8 Å². The number of hydrogen-bond donors (Lipinski definition) is 1. The first-order chi connectivity index (χ1) is 12.3. The van der Waals surface area contributed by atoms with Gasteiger partial charge in [0.25, 0.3) is 5.91 Å². The first-order valence-electron chi connectivity index (χ1n) is 8.54. The van der Waals surface area contributed by atoms with Gasteiger partial charge < -0.3 is 14.8 Å². The van der Waals surface area contributed by atoms with E-state index in [2.05, 4.69) is 19.2 Å². The molecule has 0 saturated carbocycles. The summed E-state index contributed by atoms with van der Waals surface area (Å²) < 4.78 is 10.5. The van der Waals surface area contributed by atoms with Crippen molar-refractivity contribution in [3.8, 4) is 5.75 Å². The average Bonchev–Trinajstić information content (AvgIpc) is 2.61. The lowest BCUT2D eigenvalue weighted by atomic mass is 10.0. The summed E-state index contributed by atoms with van der Waals surface area (Å²) in [7, 11) is 1.33. The largest absolute Gasteiger partial charge is 0.483 e. The summed E-state index contributed by atoms with van der Waals surface area (Å²) in [6.45, 7) is 7.81. The van der Waals surface area contributed by atoms with Crippen molar-refractivity contribution in [3.63, 3.8) is 0 Å². The summed E-state index contributed by atoms with van der Waals surface area (Å²) in [6, 6.07) is 11.1. The molecule has 5 heteroatoms. The van der Waals surface area contributed by atoms with Gasteiger partial charge >= 0.3 is 5.97 Å². The Labute approximate surface area is 154 Å². The van der Waals surface area contributed by atoms with Crippen LogP contribution in [-0.2, 0) is 9.53 Å². The van der Waals surface area contributed by atoms with E-state index in [1.807, 2.05) is 25.1 Å². The molecule has 2 aromatic rings. The molecule has 1 amide bonds. The maximum atomic E-state index is 12.3. The van der Waals surface area contributed by atoms with Crippen molar-refractivity contribution >= 4 is 17.6 Å². The molecule has 0 heterocycles. The smallest absolute Gasteiger partial charge is 0.338 e. The molecule has 2 rings (SSSR count). The Hall–Kier alpha value is -2.82. The lowest BCUT2D eigenvalue weighted by Gasteiger charge is -2.15. The van der Waals surface area contributed by atoms with Crippen molar-refractivity contribution in [2.75, 3.05) is 19.0 Å². The van der Waals surface area contributed by atoms with Gasteiger partial charge in [-0.15, -0.1) is 0 Å². The van der Waals surface area contributed by atoms with Gasteiger partial charge in [0.05, 0.1) is 12.7 Å².